The van der Waals surface area contributed by atoms with Crippen LogP contribution in [0, 0.1) is 11.3 Å². The summed E-state index contributed by atoms with van der Waals surface area (Å²) in [5, 5.41) is 17.3. The number of aliphatic carboxylic acids is 1. The highest BCUT2D eigenvalue weighted by atomic mass is 32.2. The molecule has 0 amide bonds. The van der Waals surface area contributed by atoms with Gasteiger partial charge in [-0.2, -0.15) is 23.2 Å². The molecule has 10 heteroatoms. The van der Waals surface area contributed by atoms with Gasteiger partial charge in [0.25, 0.3) is 0 Å². The molecule has 1 aromatic carbocycles. The van der Waals surface area contributed by atoms with Crippen molar-refractivity contribution in [2.24, 2.45) is 0 Å². The van der Waals surface area contributed by atoms with E-state index in [1.54, 1.807) is 6.07 Å². The van der Waals surface area contributed by atoms with Crippen molar-refractivity contribution in [3.63, 3.8) is 0 Å². The molecule has 0 aromatic heterocycles. The Labute approximate surface area is 117 Å². The van der Waals surface area contributed by atoms with Gasteiger partial charge in [-0.1, -0.05) is 6.07 Å². The fourth-order valence-corrected chi connectivity index (χ4v) is 2.68. The van der Waals surface area contributed by atoms with Crippen LogP contribution in [0.2, 0.25) is 0 Å². The number of halogens is 3. The van der Waals surface area contributed by atoms with Crippen LogP contribution >= 0.6 is 0 Å². The van der Waals surface area contributed by atoms with Crippen LogP contribution in [-0.2, 0) is 14.8 Å². The molecule has 114 valence electrons. The summed E-state index contributed by atoms with van der Waals surface area (Å²) in [5.74, 6) is -2.39. The predicted molar refractivity (Wildman–Crippen MR) is 63.6 cm³/mol. The number of sulfonamides is 1. The molecule has 0 aliphatic heterocycles. The molecule has 1 unspecified atom stereocenters. The van der Waals surface area contributed by atoms with E-state index in [4.69, 9.17) is 10.4 Å². The van der Waals surface area contributed by atoms with Crippen molar-refractivity contribution in [2.45, 2.75) is 23.5 Å². The van der Waals surface area contributed by atoms with Gasteiger partial charge < -0.3 is 5.11 Å². The molecular weight excluding hydrogens is 313 g/mol. The second-order valence-electron chi connectivity index (χ2n) is 4.17. The van der Waals surface area contributed by atoms with E-state index in [0.717, 1.165) is 22.9 Å². The molecule has 0 spiro atoms. The average molecular weight is 322 g/mol. The summed E-state index contributed by atoms with van der Waals surface area (Å²) in [5.41, 5.74) is -3.78. The topological polar surface area (TPSA) is 107 Å². The number of rotatable bonds is 4. The van der Waals surface area contributed by atoms with E-state index in [1.807, 2.05) is 0 Å². The molecule has 1 atom stereocenters. The van der Waals surface area contributed by atoms with Crippen LogP contribution in [-0.4, -0.2) is 31.2 Å². The lowest BCUT2D eigenvalue weighted by Gasteiger charge is -2.28. The molecule has 21 heavy (non-hydrogen) atoms. The van der Waals surface area contributed by atoms with E-state index in [-0.39, 0.29) is 12.5 Å². The second kappa shape index (κ2) is 5.34. The van der Waals surface area contributed by atoms with Crippen molar-refractivity contribution in [1.29, 1.82) is 5.26 Å². The number of carboxylic acid groups (broad SMARTS) is 1. The highest BCUT2D eigenvalue weighted by molar-refractivity contribution is 7.89. The first kappa shape index (κ1) is 16.9. The Hall–Kier alpha value is -2.12. The number of hydrogen-bond donors (Lipinski definition) is 2. The molecule has 0 saturated heterocycles. The largest absolute Gasteiger partial charge is 0.480 e. The molecule has 0 bridgehead atoms. The van der Waals surface area contributed by atoms with Crippen LogP contribution in [0.3, 0.4) is 0 Å². The number of nitrogens with zero attached hydrogens (tertiary/aromatic N) is 1. The first-order valence-corrected chi connectivity index (χ1v) is 6.76. The summed E-state index contributed by atoms with van der Waals surface area (Å²) in [7, 11) is -4.78. The maximum atomic E-state index is 12.8. The highest BCUT2D eigenvalue weighted by Crippen LogP contribution is 2.32. The number of alkyl halides is 3. The van der Waals surface area contributed by atoms with Crippen molar-refractivity contribution >= 4 is 16.0 Å². The maximum absolute atomic E-state index is 12.8. The summed E-state index contributed by atoms with van der Waals surface area (Å²) in [6.45, 7) is 0.195. The van der Waals surface area contributed by atoms with Gasteiger partial charge in [-0.25, -0.2) is 13.2 Å². The van der Waals surface area contributed by atoms with E-state index < -0.39 is 32.6 Å². The van der Waals surface area contributed by atoms with Gasteiger partial charge in [0.05, 0.1) is 16.5 Å². The summed E-state index contributed by atoms with van der Waals surface area (Å²) in [4.78, 5) is 10.2. The van der Waals surface area contributed by atoms with Gasteiger partial charge in [-0.05, 0) is 25.1 Å². The summed E-state index contributed by atoms with van der Waals surface area (Å²) in [6.07, 6.45) is -5.35. The van der Waals surface area contributed by atoms with Crippen molar-refractivity contribution in [3.05, 3.63) is 29.8 Å². The molecule has 1 rings (SSSR count). The van der Waals surface area contributed by atoms with Crippen molar-refractivity contribution in [3.8, 4) is 6.07 Å². The Bertz CT molecular complexity index is 709. The van der Waals surface area contributed by atoms with Crippen LogP contribution in [0.1, 0.15) is 12.5 Å². The predicted octanol–water partition coefficient (Wildman–Crippen LogP) is 1.24. The monoisotopic (exact) mass is 322 g/mol. The van der Waals surface area contributed by atoms with Crippen molar-refractivity contribution in [2.75, 3.05) is 0 Å². The van der Waals surface area contributed by atoms with E-state index in [0.29, 0.717) is 0 Å². The van der Waals surface area contributed by atoms with Gasteiger partial charge in [-0.15, -0.1) is 0 Å². The minimum atomic E-state index is -5.35. The zero-order valence-electron chi connectivity index (χ0n) is 10.5. The number of benzene rings is 1. The zero-order chi connectivity index (χ0) is 16.5. The summed E-state index contributed by atoms with van der Waals surface area (Å²) in [6, 6.07) is 5.81. The van der Waals surface area contributed by atoms with Crippen molar-refractivity contribution < 1.29 is 31.5 Å². The minimum absolute atomic E-state index is 0.0955. The fraction of sp³-hybridized carbons (Fsp3) is 0.273. The number of hydrogen-bond acceptors (Lipinski definition) is 4. The molecule has 0 radical (unpaired) electrons. The van der Waals surface area contributed by atoms with Crippen LogP contribution in [0.15, 0.2) is 29.2 Å². The fourth-order valence-electron chi connectivity index (χ4n) is 1.28. The molecule has 0 aliphatic carbocycles. The Morgan fingerprint density at radius 2 is 1.95 bits per heavy atom. The van der Waals surface area contributed by atoms with E-state index in [1.165, 1.54) is 6.07 Å². The van der Waals surface area contributed by atoms with Gasteiger partial charge in [0, 0.05) is 0 Å². The zero-order valence-corrected chi connectivity index (χ0v) is 11.3. The highest BCUT2D eigenvalue weighted by Gasteiger charge is 2.59. The van der Waals surface area contributed by atoms with E-state index >= 15 is 0 Å². The Morgan fingerprint density at radius 3 is 2.38 bits per heavy atom. The number of nitrogens with one attached hydrogen (secondary N) is 1. The van der Waals surface area contributed by atoms with Crippen LogP contribution < -0.4 is 4.72 Å². The molecule has 0 aliphatic rings. The van der Waals surface area contributed by atoms with Gasteiger partial charge >= 0.3 is 12.1 Å². The average Bonchev–Trinajstić information content (AvgIpc) is 2.36. The SMILES string of the molecule is CC(NS(=O)(=O)c1cccc(C#N)c1)(C(=O)O)C(F)(F)F. The summed E-state index contributed by atoms with van der Waals surface area (Å²) >= 11 is 0. The van der Waals surface area contributed by atoms with E-state index in [9.17, 15) is 26.4 Å². The van der Waals surface area contributed by atoms with Crippen LogP contribution in [0.4, 0.5) is 13.2 Å². The van der Waals surface area contributed by atoms with Crippen molar-refractivity contribution in [1.82, 2.24) is 4.72 Å². The third-order valence-corrected chi connectivity index (χ3v) is 4.16. The smallest absolute Gasteiger partial charge is 0.418 e. The molecule has 0 fully saturated rings. The molecule has 1 aromatic rings. The molecular formula is C11H9F3N2O4S. The Morgan fingerprint density at radius 1 is 1.38 bits per heavy atom. The van der Waals surface area contributed by atoms with Crippen LogP contribution in [0.5, 0.6) is 0 Å². The molecule has 2 N–H and O–H groups in total. The first-order chi connectivity index (χ1) is 9.44. The number of carbonyl (C=O) groups is 1. The van der Waals surface area contributed by atoms with Crippen LogP contribution in [0.25, 0.3) is 0 Å². The molecule has 6 nitrogen and oxygen atoms in total. The van der Waals surface area contributed by atoms with Gasteiger partial charge in [0.1, 0.15) is 0 Å². The molecule has 0 saturated carbocycles. The lowest BCUT2D eigenvalue weighted by Crippen LogP contribution is -2.61. The third-order valence-electron chi connectivity index (χ3n) is 2.61. The lowest BCUT2D eigenvalue weighted by atomic mass is 10.0. The summed E-state index contributed by atoms with van der Waals surface area (Å²) < 4.78 is 63.2. The Balaban J connectivity index is 3.32. The minimum Gasteiger partial charge on any atom is -0.480 e. The van der Waals surface area contributed by atoms with Gasteiger partial charge in [0.15, 0.2) is 0 Å². The second-order valence-corrected chi connectivity index (χ2v) is 5.86. The standard InChI is InChI=1S/C11H9F3N2O4S/c1-10(9(17)18,11(12,13)14)16-21(19,20)8-4-2-3-7(5-8)6-15/h2-5,16H,1H3,(H,17,18). The van der Waals surface area contributed by atoms with Gasteiger partial charge in [-0.3, -0.25) is 0 Å². The van der Waals surface area contributed by atoms with Gasteiger partial charge in [0.2, 0.25) is 15.6 Å². The Kier molecular flexibility index (Phi) is 4.31. The normalized spacial score (nSPS) is 15.0. The van der Waals surface area contributed by atoms with E-state index in [2.05, 4.69) is 0 Å². The maximum Gasteiger partial charge on any atom is 0.418 e. The number of nitriles is 1. The number of carboxylic acids is 1. The quantitative estimate of drug-likeness (QED) is 0.867. The molecule has 0 heterocycles. The lowest BCUT2D eigenvalue weighted by molar-refractivity contribution is -0.201. The first-order valence-electron chi connectivity index (χ1n) is 5.28. The third kappa shape index (κ3) is 3.32.